The fraction of sp³-hybridized carbons (Fsp3) is 0.400. The number of hydrogen-bond donors (Lipinski definition) is 3. The van der Waals surface area contributed by atoms with Crippen molar-refractivity contribution in [3.63, 3.8) is 0 Å². The Bertz CT molecular complexity index is 1270. The smallest absolute Gasteiger partial charge is 0.270 e. The fourth-order valence-electron chi connectivity index (χ4n) is 3.15. The SMILES string of the molecule is CC(C)(C)Cn1c(=O)c(C(=O)NC2CC2)c(O)n2nc(Nc3cc(C#N)ncn3)cc12. The van der Waals surface area contributed by atoms with E-state index in [1.807, 2.05) is 26.8 Å². The van der Waals surface area contributed by atoms with Crippen molar-refractivity contribution in [3.05, 3.63) is 40.1 Å². The summed E-state index contributed by atoms with van der Waals surface area (Å²) in [5.74, 6) is -0.545. The summed E-state index contributed by atoms with van der Waals surface area (Å²) in [6.07, 6.45) is 2.94. The first-order chi connectivity index (χ1) is 14.7. The number of aromatic hydroxyl groups is 1. The minimum absolute atomic E-state index is 0.0278. The lowest BCUT2D eigenvalue weighted by atomic mass is 9.97. The van der Waals surface area contributed by atoms with Gasteiger partial charge in [-0.2, -0.15) is 9.78 Å². The molecule has 1 saturated carbocycles. The summed E-state index contributed by atoms with van der Waals surface area (Å²) >= 11 is 0. The van der Waals surface area contributed by atoms with Crippen LogP contribution < -0.4 is 16.2 Å². The van der Waals surface area contributed by atoms with E-state index in [-0.39, 0.29) is 28.5 Å². The van der Waals surface area contributed by atoms with Crippen molar-refractivity contribution in [3.8, 4) is 11.9 Å². The van der Waals surface area contributed by atoms with Crippen LogP contribution >= 0.6 is 0 Å². The molecule has 0 spiro atoms. The molecule has 0 bridgehead atoms. The molecule has 0 radical (unpaired) electrons. The number of carbonyl (C=O) groups excluding carboxylic acids is 1. The zero-order chi connectivity index (χ0) is 22.3. The lowest BCUT2D eigenvalue weighted by Gasteiger charge is -2.21. The van der Waals surface area contributed by atoms with Gasteiger partial charge in [0.15, 0.2) is 11.4 Å². The molecule has 1 amide bonds. The van der Waals surface area contributed by atoms with Gasteiger partial charge in [-0.3, -0.25) is 14.2 Å². The van der Waals surface area contributed by atoms with Gasteiger partial charge in [-0.05, 0) is 18.3 Å². The van der Waals surface area contributed by atoms with Gasteiger partial charge in [0.25, 0.3) is 11.5 Å². The predicted molar refractivity (Wildman–Crippen MR) is 111 cm³/mol. The second-order valence-corrected chi connectivity index (χ2v) is 8.72. The number of nitriles is 1. The van der Waals surface area contributed by atoms with Gasteiger partial charge in [-0.1, -0.05) is 20.8 Å². The van der Waals surface area contributed by atoms with Crippen LogP contribution in [0.4, 0.5) is 11.6 Å². The van der Waals surface area contributed by atoms with E-state index in [0.29, 0.717) is 18.0 Å². The molecule has 11 heteroatoms. The third kappa shape index (κ3) is 4.18. The van der Waals surface area contributed by atoms with Crippen LogP contribution in [0.1, 0.15) is 49.7 Å². The van der Waals surface area contributed by atoms with Gasteiger partial charge < -0.3 is 15.7 Å². The summed E-state index contributed by atoms with van der Waals surface area (Å²) < 4.78 is 2.59. The van der Waals surface area contributed by atoms with Crippen molar-refractivity contribution in [1.82, 2.24) is 29.5 Å². The number of nitrogens with one attached hydrogen (secondary N) is 2. The number of aromatic nitrogens is 5. The summed E-state index contributed by atoms with van der Waals surface area (Å²) in [6.45, 7) is 6.20. The van der Waals surface area contributed by atoms with Crippen molar-refractivity contribution >= 4 is 23.2 Å². The topological polar surface area (TPSA) is 150 Å². The predicted octanol–water partition coefficient (Wildman–Crippen LogP) is 1.55. The lowest BCUT2D eigenvalue weighted by molar-refractivity contribution is 0.0944. The normalized spacial score (nSPS) is 13.7. The zero-order valence-electron chi connectivity index (χ0n) is 17.4. The Kier molecular flexibility index (Phi) is 4.85. The molecule has 3 aromatic rings. The van der Waals surface area contributed by atoms with E-state index in [0.717, 1.165) is 17.4 Å². The average molecular weight is 422 g/mol. The van der Waals surface area contributed by atoms with E-state index < -0.39 is 17.3 Å². The maximum Gasteiger partial charge on any atom is 0.270 e. The molecule has 0 aromatic carbocycles. The number of carbonyl (C=O) groups is 1. The molecule has 0 saturated heterocycles. The van der Waals surface area contributed by atoms with E-state index in [1.165, 1.54) is 17.0 Å². The van der Waals surface area contributed by atoms with Crippen molar-refractivity contribution in [2.45, 2.75) is 46.2 Å². The molecule has 3 aromatic heterocycles. The highest BCUT2D eigenvalue weighted by Gasteiger charge is 2.30. The van der Waals surface area contributed by atoms with Crippen molar-refractivity contribution < 1.29 is 9.90 Å². The van der Waals surface area contributed by atoms with Crippen LogP contribution in [0, 0.1) is 16.7 Å². The van der Waals surface area contributed by atoms with E-state index in [4.69, 9.17) is 5.26 Å². The van der Waals surface area contributed by atoms with Crippen LogP contribution in [-0.2, 0) is 6.54 Å². The van der Waals surface area contributed by atoms with Crippen molar-refractivity contribution in [2.75, 3.05) is 5.32 Å². The maximum absolute atomic E-state index is 13.2. The maximum atomic E-state index is 13.2. The first kappa shape index (κ1) is 20.3. The van der Waals surface area contributed by atoms with Crippen LogP contribution in [0.25, 0.3) is 5.65 Å². The van der Waals surface area contributed by atoms with E-state index in [1.54, 1.807) is 6.07 Å². The zero-order valence-corrected chi connectivity index (χ0v) is 17.4. The van der Waals surface area contributed by atoms with Crippen LogP contribution in [0.15, 0.2) is 23.3 Å². The molecule has 0 aliphatic heterocycles. The van der Waals surface area contributed by atoms with Crippen LogP contribution in [-0.4, -0.2) is 41.2 Å². The number of fused-ring (bicyclic) bond motifs is 1. The molecule has 31 heavy (non-hydrogen) atoms. The molecule has 0 unspecified atom stereocenters. The Balaban J connectivity index is 1.84. The van der Waals surface area contributed by atoms with Gasteiger partial charge in [0.1, 0.15) is 29.6 Å². The van der Waals surface area contributed by atoms with Crippen LogP contribution in [0.3, 0.4) is 0 Å². The highest BCUT2D eigenvalue weighted by Crippen LogP contribution is 2.25. The van der Waals surface area contributed by atoms with Gasteiger partial charge in [0.2, 0.25) is 5.88 Å². The Labute approximate surface area is 177 Å². The Hall–Kier alpha value is -3.94. The Morgan fingerprint density at radius 1 is 1.29 bits per heavy atom. The molecule has 1 aliphatic carbocycles. The highest BCUT2D eigenvalue weighted by molar-refractivity contribution is 5.96. The number of anilines is 2. The largest absolute Gasteiger partial charge is 0.492 e. The third-order valence-corrected chi connectivity index (χ3v) is 4.66. The fourth-order valence-corrected chi connectivity index (χ4v) is 3.15. The van der Waals surface area contributed by atoms with Gasteiger partial charge >= 0.3 is 0 Å². The Morgan fingerprint density at radius 2 is 2.03 bits per heavy atom. The lowest BCUT2D eigenvalue weighted by Crippen LogP contribution is -2.37. The van der Waals surface area contributed by atoms with Crippen molar-refractivity contribution in [2.24, 2.45) is 5.41 Å². The molecule has 4 rings (SSSR count). The van der Waals surface area contributed by atoms with Gasteiger partial charge in [-0.25, -0.2) is 9.97 Å². The molecule has 3 heterocycles. The van der Waals surface area contributed by atoms with Gasteiger partial charge in [0, 0.05) is 24.7 Å². The van der Waals surface area contributed by atoms with Gasteiger partial charge in [-0.15, -0.1) is 5.10 Å². The van der Waals surface area contributed by atoms with E-state index in [9.17, 15) is 14.7 Å². The monoisotopic (exact) mass is 422 g/mol. The highest BCUT2D eigenvalue weighted by atomic mass is 16.3. The minimum Gasteiger partial charge on any atom is -0.492 e. The standard InChI is InChI=1S/C20H22N8O3/c1-20(2,3)9-27-15-7-14(25-13-6-12(8-21)22-10-23-13)26-28(15)19(31)16(18(27)30)17(29)24-11-4-5-11/h6-7,10-11,31H,4-5,9H2,1-3H3,(H,24,29)(H,22,23,25,26). The number of nitrogens with zero attached hydrogens (tertiary/aromatic N) is 6. The van der Waals surface area contributed by atoms with Crippen LogP contribution in [0.5, 0.6) is 5.88 Å². The van der Waals surface area contributed by atoms with E-state index >= 15 is 0 Å². The number of amides is 1. The molecule has 1 aliphatic rings. The first-order valence-electron chi connectivity index (χ1n) is 9.82. The minimum atomic E-state index is -0.617. The summed E-state index contributed by atoms with van der Waals surface area (Å²) in [6, 6.07) is 4.97. The first-order valence-corrected chi connectivity index (χ1v) is 9.82. The summed E-state index contributed by atoms with van der Waals surface area (Å²) in [4.78, 5) is 33.7. The Morgan fingerprint density at radius 3 is 2.68 bits per heavy atom. The van der Waals surface area contributed by atoms with Crippen LogP contribution in [0.2, 0.25) is 0 Å². The number of rotatable bonds is 5. The molecule has 3 N–H and O–H groups in total. The average Bonchev–Trinajstić information content (AvgIpc) is 3.41. The third-order valence-electron chi connectivity index (χ3n) is 4.66. The van der Waals surface area contributed by atoms with Gasteiger partial charge in [0.05, 0.1) is 0 Å². The van der Waals surface area contributed by atoms with Crippen molar-refractivity contribution in [1.29, 1.82) is 5.26 Å². The summed E-state index contributed by atoms with van der Waals surface area (Å²) in [5, 5.41) is 29.7. The molecule has 0 atom stereocenters. The molecular formula is C20H22N8O3. The molecule has 1 fully saturated rings. The molecule has 160 valence electrons. The second kappa shape index (κ2) is 7.39. The van der Waals surface area contributed by atoms with E-state index in [2.05, 4.69) is 25.7 Å². The second-order valence-electron chi connectivity index (χ2n) is 8.72. The molecule has 11 nitrogen and oxygen atoms in total. The summed E-state index contributed by atoms with van der Waals surface area (Å²) in [5.41, 5.74) is -0.715. The number of hydrogen-bond acceptors (Lipinski definition) is 8. The molecular weight excluding hydrogens is 400 g/mol. The quantitative estimate of drug-likeness (QED) is 0.560. The summed E-state index contributed by atoms with van der Waals surface area (Å²) in [7, 11) is 0.